The van der Waals surface area contributed by atoms with Crippen molar-refractivity contribution >= 4 is 17.3 Å². The number of carbonyl (C=O) groups is 1. The Morgan fingerprint density at radius 2 is 1.76 bits per heavy atom. The molecule has 4 heteroatoms. The van der Waals surface area contributed by atoms with Gasteiger partial charge in [-0.25, -0.2) is 0 Å². The van der Waals surface area contributed by atoms with Crippen molar-refractivity contribution < 1.29 is 9.90 Å². The summed E-state index contributed by atoms with van der Waals surface area (Å²) in [6.07, 6.45) is -0.356. The van der Waals surface area contributed by atoms with Gasteiger partial charge in [0.15, 0.2) is 0 Å². The molecule has 0 heterocycles. The van der Waals surface area contributed by atoms with E-state index in [1.54, 1.807) is 0 Å². The predicted molar refractivity (Wildman–Crippen MR) is 70.1 cm³/mol. The highest BCUT2D eigenvalue weighted by atomic mass is 16.3. The number of anilines is 2. The molecule has 1 aromatic rings. The van der Waals surface area contributed by atoms with Crippen molar-refractivity contribution in [3.8, 4) is 0 Å². The minimum atomic E-state index is -0.356. The summed E-state index contributed by atoms with van der Waals surface area (Å²) < 4.78 is 0. The zero-order valence-corrected chi connectivity index (χ0v) is 10.5. The number of aliphatic hydroxyl groups excluding tert-OH is 1. The number of amides is 1. The third-order valence-electron chi connectivity index (χ3n) is 2.49. The van der Waals surface area contributed by atoms with Gasteiger partial charge in [0.05, 0.1) is 6.10 Å². The van der Waals surface area contributed by atoms with Crippen LogP contribution >= 0.6 is 0 Å². The van der Waals surface area contributed by atoms with Gasteiger partial charge in [-0.05, 0) is 30.2 Å². The number of hydrogen-bond acceptors (Lipinski definition) is 3. The summed E-state index contributed by atoms with van der Waals surface area (Å²) >= 11 is 0. The molecule has 1 amide bonds. The highest BCUT2D eigenvalue weighted by Gasteiger charge is 2.08. The summed E-state index contributed by atoms with van der Waals surface area (Å²) in [6.45, 7) is 5.96. The van der Waals surface area contributed by atoms with E-state index in [0.717, 1.165) is 11.4 Å². The van der Waals surface area contributed by atoms with Crippen molar-refractivity contribution in [1.82, 2.24) is 0 Å². The van der Waals surface area contributed by atoms with Gasteiger partial charge in [-0.2, -0.15) is 0 Å². The molecular weight excluding hydrogens is 216 g/mol. The number of aliphatic hydroxyl groups is 1. The monoisotopic (exact) mass is 236 g/mol. The zero-order chi connectivity index (χ0) is 12.8. The lowest BCUT2D eigenvalue weighted by Gasteiger charge is -2.16. The Morgan fingerprint density at radius 1 is 1.24 bits per heavy atom. The first-order valence-electron chi connectivity index (χ1n) is 5.78. The first kappa shape index (κ1) is 13.5. The van der Waals surface area contributed by atoms with Crippen LogP contribution in [0.3, 0.4) is 0 Å². The topological polar surface area (TPSA) is 61.4 Å². The molecule has 4 nitrogen and oxygen atoms in total. The molecule has 94 valence electrons. The van der Waals surface area contributed by atoms with E-state index in [-0.39, 0.29) is 17.9 Å². The van der Waals surface area contributed by atoms with Crippen LogP contribution in [0.5, 0.6) is 0 Å². The molecule has 1 atom stereocenters. The SMILES string of the molecule is CC(=O)Nc1ccc(NCC(O)C(C)C)cc1. The van der Waals surface area contributed by atoms with Crippen LogP contribution in [0.1, 0.15) is 20.8 Å². The average Bonchev–Trinajstić information content (AvgIpc) is 2.26. The van der Waals surface area contributed by atoms with E-state index >= 15 is 0 Å². The second-order valence-corrected chi connectivity index (χ2v) is 4.45. The number of rotatable bonds is 5. The van der Waals surface area contributed by atoms with Gasteiger partial charge in [0, 0.05) is 24.8 Å². The minimum Gasteiger partial charge on any atom is -0.391 e. The molecule has 0 saturated heterocycles. The van der Waals surface area contributed by atoms with Crippen LogP contribution in [0.25, 0.3) is 0 Å². The third kappa shape index (κ3) is 4.87. The second kappa shape index (κ2) is 6.25. The number of benzene rings is 1. The fraction of sp³-hybridized carbons (Fsp3) is 0.462. The first-order chi connectivity index (χ1) is 7.99. The maximum Gasteiger partial charge on any atom is 0.221 e. The van der Waals surface area contributed by atoms with Gasteiger partial charge in [0.2, 0.25) is 5.91 Å². The van der Waals surface area contributed by atoms with E-state index in [1.807, 2.05) is 38.1 Å². The van der Waals surface area contributed by atoms with Crippen molar-refractivity contribution in [2.24, 2.45) is 5.92 Å². The van der Waals surface area contributed by atoms with Crippen molar-refractivity contribution in [3.05, 3.63) is 24.3 Å². The summed E-state index contributed by atoms with van der Waals surface area (Å²) in [6, 6.07) is 7.40. The van der Waals surface area contributed by atoms with E-state index in [0.29, 0.717) is 6.54 Å². The molecule has 17 heavy (non-hydrogen) atoms. The standard InChI is InChI=1S/C13H20N2O2/c1-9(2)13(17)8-14-11-4-6-12(7-5-11)15-10(3)16/h4-7,9,13-14,17H,8H2,1-3H3,(H,15,16). The van der Waals surface area contributed by atoms with Crippen LogP contribution in [0.4, 0.5) is 11.4 Å². The molecule has 0 aliphatic rings. The lowest BCUT2D eigenvalue weighted by molar-refractivity contribution is -0.114. The average molecular weight is 236 g/mol. The lowest BCUT2D eigenvalue weighted by Crippen LogP contribution is -2.24. The molecule has 0 bridgehead atoms. The fourth-order valence-corrected chi connectivity index (χ4v) is 1.33. The van der Waals surface area contributed by atoms with Gasteiger partial charge in [0.1, 0.15) is 0 Å². The van der Waals surface area contributed by atoms with Crippen LogP contribution in [0, 0.1) is 5.92 Å². The smallest absolute Gasteiger partial charge is 0.221 e. The number of carbonyl (C=O) groups excluding carboxylic acids is 1. The van der Waals surface area contributed by atoms with Gasteiger partial charge in [-0.1, -0.05) is 13.8 Å². The van der Waals surface area contributed by atoms with Crippen molar-refractivity contribution in [2.45, 2.75) is 26.9 Å². The molecule has 0 spiro atoms. The molecule has 1 aromatic carbocycles. The molecule has 3 N–H and O–H groups in total. The predicted octanol–water partition coefficient (Wildman–Crippen LogP) is 2.07. The van der Waals surface area contributed by atoms with Gasteiger partial charge in [0.25, 0.3) is 0 Å². The molecule has 1 unspecified atom stereocenters. The first-order valence-corrected chi connectivity index (χ1v) is 5.78. The highest BCUT2D eigenvalue weighted by molar-refractivity contribution is 5.88. The Bertz CT molecular complexity index is 360. The van der Waals surface area contributed by atoms with E-state index in [4.69, 9.17) is 0 Å². The molecule has 0 aliphatic heterocycles. The van der Waals surface area contributed by atoms with E-state index in [2.05, 4.69) is 10.6 Å². The van der Waals surface area contributed by atoms with Gasteiger partial charge in [-0.15, -0.1) is 0 Å². The van der Waals surface area contributed by atoms with Gasteiger partial charge in [-0.3, -0.25) is 4.79 Å². The molecule has 0 aromatic heterocycles. The summed E-state index contributed by atoms with van der Waals surface area (Å²) in [4.78, 5) is 10.8. The van der Waals surface area contributed by atoms with Crippen LogP contribution < -0.4 is 10.6 Å². The number of hydrogen-bond donors (Lipinski definition) is 3. The zero-order valence-electron chi connectivity index (χ0n) is 10.5. The summed E-state index contributed by atoms with van der Waals surface area (Å²) in [5, 5.41) is 15.5. The van der Waals surface area contributed by atoms with Crippen molar-refractivity contribution in [1.29, 1.82) is 0 Å². The maximum atomic E-state index is 10.8. The minimum absolute atomic E-state index is 0.0825. The summed E-state index contributed by atoms with van der Waals surface area (Å²) in [7, 11) is 0. The third-order valence-corrected chi connectivity index (χ3v) is 2.49. The van der Waals surface area contributed by atoms with E-state index in [9.17, 15) is 9.90 Å². The molecular formula is C13H20N2O2. The molecule has 0 radical (unpaired) electrons. The highest BCUT2D eigenvalue weighted by Crippen LogP contribution is 2.14. The molecule has 0 fully saturated rings. The summed E-state index contributed by atoms with van der Waals surface area (Å²) in [5.41, 5.74) is 1.70. The van der Waals surface area contributed by atoms with Crippen molar-refractivity contribution in [2.75, 3.05) is 17.2 Å². The van der Waals surface area contributed by atoms with Gasteiger partial charge >= 0.3 is 0 Å². The molecule has 1 rings (SSSR count). The Labute approximate surface area is 102 Å². The van der Waals surface area contributed by atoms with E-state index in [1.165, 1.54) is 6.92 Å². The Morgan fingerprint density at radius 3 is 2.24 bits per heavy atom. The van der Waals surface area contributed by atoms with Gasteiger partial charge < -0.3 is 15.7 Å². The normalized spacial score (nSPS) is 12.3. The van der Waals surface area contributed by atoms with Crippen LogP contribution in [0.2, 0.25) is 0 Å². The quantitative estimate of drug-likeness (QED) is 0.733. The second-order valence-electron chi connectivity index (χ2n) is 4.45. The van der Waals surface area contributed by atoms with Crippen LogP contribution in [-0.4, -0.2) is 23.7 Å². The van der Waals surface area contributed by atoms with Crippen LogP contribution in [0.15, 0.2) is 24.3 Å². The fourth-order valence-electron chi connectivity index (χ4n) is 1.33. The molecule has 0 aliphatic carbocycles. The maximum absolute atomic E-state index is 10.8. The molecule has 0 saturated carbocycles. The Hall–Kier alpha value is -1.55. The van der Waals surface area contributed by atoms with Crippen molar-refractivity contribution in [3.63, 3.8) is 0 Å². The van der Waals surface area contributed by atoms with E-state index < -0.39 is 0 Å². The summed E-state index contributed by atoms with van der Waals surface area (Å²) in [5.74, 6) is 0.155. The largest absolute Gasteiger partial charge is 0.391 e. The number of nitrogens with one attached hydrogen (secondary N) is 2. The lowest BCUT2D eigenvalue weighted by atomic mass is 10.1. The van der Waals surface area contributed by atoms with Crippen LogP contribution in [-0.2, 0) is 4.79 Å². The Balaban J connectivity index is 2.48. The Kier molecular flexibility index (Phi) is 4.97.